The third kappa shape index (κ3) is 4.40. The van der Waals surface area contributed by atoms with E-state index in [4.69, 9.17) is 16.3 Å². The highest BCUT2D eigenvalue weighted by atomic mass is 35.5. The summed E-state index contributed by atoms with van der Waals surface area (Å²) in [5.74, 6) is 0.339. The standard InChI is InChI=1S/C18H17ClN2O3/c19-17-5-4-14(11-20-17)18(23)24-16-3-1-2-13(10-16)12-21-8-6-15(22)7-9-21/h1-5,10-11H,6-9,12H2. The fourth-order valence-corrected chi connectivity index (χ4v) is 2.70. The van der Waals surface area contributed by atoms with E-state index in [0.717, 1.165) is 25.2 Å². The molecule has 1 aliphatic rings. The first-order valence-electron chi connectivity index (χ1n) is 7.77. The quantitative estimate of drug-likeness (QED) is 0.484. The Morgan fingerprint density at radius 3 is 2.71 bits per heavy atom. The normalized spacial score (nSPS) is 15.3. The molecule has 124 valence electrons. The maximum absolute atomic E-state index is 12.1. The summed E-state index contributed by atoms with van der Waals surface area (Å²) in [6.45, 7) is 2.29. The highest BCUT2D eigenvalue weighted by molar-refractivity contribution is 6.29. The summed E-state index contributed by atoms with van der Waals surface area (Å²) >= 11 is 5.71. The van der Waals surface area contributed by atoms with Crippen molar-refractivity contribution < 1.29 is 14.3 Å². The molecule has 2 heterocycles. The number of carbonyl (C=O) groups excluding carboxylic acids is 2. The average Bonchev–Trinajstić information content (AvgIpc) is 2.58. The van der Waals surface area contributed by atoms with E-state index >= 15 is 0 Å². The maximum Gasteiger partial charge on any atom is 0.345 e. The Labute approximate surface area is 145 Å². The van der Waals surface area contributed by atoms with Crippen LogP contribution in [0.2, 0.25) is 5.15 Å². The minimum Gasteiger partial charge on any atom is -0.423 e. The number of rotatable bonds is 4. The largest absolute Gasteiger partial charge is 0.423 e. The first-order valence-corrected chi connectivity index (χ1v) is 8.15. The van der Waals surface area contributed by atoms with E-state index < -0.39 is 5.97 Å². The molecule has 1 aromatic heterocycles. The van der Waals surface area contributed by atoms with Gasteiger partial charge in [0.1, 0.15) is 16.7 Å². The van der Waals surface area contributed by atoms with Crippen LogP contribution in [0.15, 0.2) is 42.6 Å². The van der Waals surface area contributed by atoms with Gasteiger partial charge in [-0.2, -0.15) is 0 Å². The summed E-state index contributed by atoms with van der Waals surface area (Å²) in [4.78, 5) is 29.5. The zero-order chi connectivity index (χ0) is 16.9. The fourth-order valence-electron chi connectivity index (χ4n) is 2.59. The maximum atomic E-state index is 12.1. The van der Waals surface area contributed by atoms with Crippen LogP contribution >= 0.6 is 11.6 Å². The number of aromatic nitrogens is 1. The molecule has 0 bridgehead atoms. The van der Waals surface area contributed by atoms with E-state index in [2.05, 4.69) is 9.88 Å². The van der Waals surface area contributed by atoms with Gasteiger partial charge in [0.05, 0.1) is 5.56 Å². The zero-order valence-electron chi connectivity index (χ0n) is 13.1. The molecule has 0 radical (unpaired) electrons. The van der Waals surface area contributed by atoms with Crippen LogP contribution < -0.4 is 4.74 Å². The number of likely N-dealkylation sites (tertiary alicyclic amines) is 1. The van der Waals surface area contributed by atoms with E-state index in [1.54, 1.807) is 18.2 Å². The topological polar surface area (TPSA) is 59.5 Å². The molecule has 6 heteroatoms. The minimum atomic E-state index is -0.472. The SMILES string of the molecule is O=C1CCN(Cc2cccc(OC(=O)c3ccc(Cl)nc3)c2)CC1. The molecule has 3 rings (SSSR count). The molecule has 1 fully saturated rings. The van der Waals surface area contributed by atoms with Crippen LogP contribution in [0.5, 0.6) is 5.75 Å². The lowest BCUT2D eigenvalue weighted by atomic mass is 10.1. The summed E-state index contributed by atoms with van der Waals surface area (Å²) in [5, 5.41) is 0.327. The van der Waals surface area contributed by atoms with Crippen LogP contribution in [0.1, 0.15) is 28.8 Å². The molecule has 1 aliphatic heterocycles. The number of piperidine rings is 1. The lowest BCUT2D eigenvalue weighted by Crippen LogP contribution is -2.33. The van der Waals surface area contributed by atoms with Gasteiger partial charge in [-0.25, -0.2) is 9.78 Å². The molecule has 2 aromatic rings. The first kappa shape index (κ1) is 16.6. The van der Waals surface area contributed by atoms with Crippen molar-refractivity contribution in [2.45, 2.75) is 19.4 Å². The van der Waals surface area contributed by atoms with Crippen LogP contribution in [0.4, 0.5) is 0 Å². The summed E-state index contributed by atoms with van der Waals surface area (Å²) < 4.78 is 5.39. The number of hydrogen-bond acceptors (Lipinski definition) is 5. The third-order valence-corrected chi connectivity index (χ3v) is 4.12. The number of hydrogen-bond donors (Lipinski definition) is 0. The van der Waals surface area contributed by atoms with Crippen LogP contribution in [-0.2, 0) is 11.3 Å². The second-order valence-corrected chi connectivity index (χ2v) is 6.11. The van der Waals surface area contributed by atoms with Gasteiger partial charge >= 0.3 is 5.97 Å². The molecule has 1 saturated heterocycles. The Bertz CT molecular complexity index is 736. The number of esters is 1. The Morgan fingerprint density at radius 1 is 1.21 bits per heavy atom. The monoisotopic (exact) mass is 344 g/mol. The Kier molecular flexibility index (Phi) is 5.23. The van der Waals surface area contributed by atoms with Gasteiger partial charge in [-0.15, -0.1) is 0 Å². The van der Waals surface area contributed by atoms with E-state index in [9.17, 15) is 9.59 Å². The number of Topliss-reactive ketones (excluding diaryl/α,β-unsaturated/α-hetero) is 1. The molecule has 0 N–H and O–H groups in total. The molecule has 24 heavy (non-hydrogen) atoms. The second-order valence-electron chi connectivity index (χ2n) is 5.72. The summed E-state index contributed by atoms with van der Waals surface area (Å²) in [6, 6.07) is 10.5. The van der Waals surface area contributed by atoms with Crippen molar-refractivity contribution in [1.29, 1.82) is 0 Å². The van der Waals surface area contributed by atoms with Gasteiger partial charge in [0.2, 0.25) is 0 Å². The number of benzene rings is 1. The Balaban J connectivity index is 1.63. The Morgan fingerprint density at radius 2 is 2.00 bits per heavy atom. The van der Waals surface area contributed by atoms with Crippen LogP contribution in [0.25, 0.3) is 0 Å². The third-order valence-electron chi connectivity index (χ3n) is 3.89. The number of ketones is 1. The number of nitrogens with zero attached hydrogens (tertiary/aromatic N) is 2. The molecule has 0 atom stereocenters. The van der Waals surface area contributed by atoms with E-state index in [0.29, 0.717) is 35.1 Å². The van der Waals surface area contributed by atoms with Gasteiger partial charge in [-0.05, 0) is 29.8 Å². The molecular weight excluding hydrogens is 328 g/mol. The van der Waals surface area contributed by atoms with Crippen LogP contribution in [-0.4, -0.2) is 34.7 Å². The molecule has 0 amide bonds. The number of carbonyl (C=O) groups is 2. The minimum absolute atomic E-state index is 0.325. The lowest BCUT2D eigenvalue weighted by Gasteiger charge is -2.25. The van der Waals surface area contributed by atoms with Crippen LogP contribution in [0, 0.1) is 0 Å². The average molecular weight is 345 g/mol. The smallest absolute Gasteiger partial charge is 0.345 e. The number of pyridine rings is 1. The van der Waals surface area contributed by atoms with Gasteiger partial charge in [0.25, 0.3) is 0 Å². The van der Waals surface area contributed by atoms with Crippen LogP contribution in [0.3, 0.4) is 0 Å². The molecule has 0 unspecified atom stereocenters. The van der Waals surface area contributed by atoms with E-state index in [-0.39, 0.29) is 0 Å². The number of ether oxygens (including phenoxy) is 1. The van der Waals surface area contributed by atoms with Crippen molar-refractivity contribution in [3.63, 3.8) is 0 Å². The highest BCUT2D eigenvalue weighted by Gasteiger charge is 2.16. The van der Waals surface area contributed by atoms with Crippen molar-refractivity contribution in [3.05, 3.63) is 58.9 Å². The van der Waals surface area contributed by atoms with Gasteiger partial charge in [-0.1, -0.05) is 23.7 Å². The molecule has 1 aromatic carbocycles. The Hall–Kier alpha value is -2.24. The molecular formula is C18H17ClN2O3. The van der Waals surface area contributed by atoms with Crippen molar-refractivity contribution >= 4 is 23.4 Å². The second kappa shape index (κ2) is 7.55. The van der Waals surface area contributed by atoms with E-state index in [1.165, 1.54) is 6.20 Å². The van der Waals surface area contributed by atoms with Crippen molar-refractivity contribution in [2.24, 2.45) is 0 Å². The molecule has 0 aliphatic carbocycles. The van der Waals surface area contributed by atoms with Gasteiger partial charge in [0.15, 0.2) is 0 Å². The summed E-state index contributed by atoms with van der Waals surface area (Å²) in [7, 11) is 0. The summed E-state index contributed by atoms with van der Waals surface area (Å²) in [6.07, 6.45) is 2.61. The van der Waals surface area contributed by atoms with Crippen molar-refractivity contribution in [2.75, 3.05) is 13.1 Å². The number of halogens is 1. The zero-order valence-corrected chi connectivity index (χ0v) is 13.8. The van der Waals surface area contributed by atoms with E-state index in [1.807, 2.05) is 18.2 Å². The molecule has 5 nitrogen and oxygen atoms in total. The molecule has 0 saturated carbocycles. The van der Waals surface area contributed by atoms with Gasteiger partial charge in [-0.3, -0.25) is 9.69 Å². The predicted octanol–water partition coefficient (Wildman–Crippen LogP) is 3.12. The van der Waals surface area contributed by atoms with Crippen molar-refractivity contribution in [1.82, 2.24) is 9.88 Å². The van der Waals surface area contributed by atoms with Gasteiger partial charge < -0.3 is 4.74 Å². The summed E-state index contributed by atoms with van der Waals surface area (Å²) in [5.41, 5.74) is 1.39. The van der Waals surface area contributed by atoms with Gasteiger partial charge in [0, 0.05) is 38.7 Å². The van der Waals surface area contributed by atoms with Crippen molar-refractivity contribution in [3.8, 4) is 5.75 Å². The predicted molar refractivity (Wildman–Crippen MR) is 90.2 cm³/mol. The fraction of sp³-hybridized carbons (Fsp3) is 0.278. The first-order chi connectivity index (χ1) is 11.6. The highest BCUT2D eigenvalue weighted by Crippen LogP contribution is 2.18. The lowest BCUT2D eigenvalue weighted by molar-refractivity contribution is -0.121. The molecule has 0 spiro atoms.